The molecule has 1 amide bonds. The third-order valence-electron chi connectivity index (χ3n) is 0.923. The number of benzene rings is 1. The molecule has 1 N–H and O–H groups in total. The van der Waals surface area contributed by atoms with Crippen molar-refractivity contribution in [3.05, 3.63) is 30.3 Å². The third kappa shape index (κ3) is 1.57. The van der Waals surface area contributed by atoms with Crippen molar-refractivity contribution in [2.24, 2.45) is 0 Å². The van der Waals surface area contributed by atoms with Crippen molar-refractivity contribution in [3.63, 3.8) is 0 Å². The largest absolute Gasteiger partial charge is 0.328 e. The number of carbonyl (C=O) groups is 1. The minimum Gasteiger partial charge on any atom is -0.328 e. The Morgan fingerprint density at radius 3 is 3.00 bits per heavy atom. The van der Waals surface area contributed by atoms with E-state index in [1.807, 2.05) is 12.1 Å². The molecule has 9 heavy (non-hydrogen) atoms. The van der Waals surface area contributed by atoms with Gasteiger partial charge < -0.3 is 5.32 Å². The summed E-state index contributed by atoms with van der Waals surface area (Å²) in [6.45, 7) is 0. The van der Waals surface area contributed by atoms with E-state index in [-0.39, 0.29) is 0 Å². The van der Waals surface area contributed by atoms with Crippen molar-refractivity contribution >= 4 is 12.1 Å². The Hall–Kier alpha value is -1.31. The van der Waals surface area contributed by atoms with Crippen LogP contribution in [0.5, 0.6) is 0 Å². The van der Waals surface area contributed by atoms with Gasteiger partial charge in [-0.2, -0.15) is 0 Å². The van der Waals surface area contributed by atoms with Crippen LogP contribution in [0.2, 0.25) is 0 Å². The first kappa shape index (κ1) is 5.82. The van der Waals surface area contributed by atoms with Crippen molar-refractivity contribution in [1.29, 1.82) is 0 Å². The van der Waals surface area contributed by atoms with E-state index >= 15 is 0 Å². The highest BCUT2D eigenvalue weighted by Gasteiger charge is 1.82. The van der Waals surface area contributed by atoms with Crippen LogP contribution in [0, 0.1) is 6.07 Å². The van der Waals surface area contributed by atoms with Crippen molar-refractivity contribution in [1.82, 2.24) is 0 Å². The predicted molar refractivity (Wildman–Crippen MR) is 35.0 cm³/mol. The number of amides is 1. The summed E-state index contributed by atoms with van der Waals surface area (Å²) >= 11 is 0. The second-order valence-electron chi connectivity index (χ2n) is 1.54. The summed E-state index contributed by atoms with van der Waals surface area (Å²) in [5.74, 6) is 0. The van der Waals surface area contributed by atoms with E-state index in [1.54, 1.807) is 12.1 Å². The zero-order valence-electron chi connectivity index (χ0n) is 4.79. The first-order chi connectivity index (χ1) is 4.43. The van der Waals surface area contributed by atoms with Crippen LogP contribution < -0.4 is 5.32 Å². The Kier molecular flexibility index (Phi) is 1.85. The summed E-state index contributed by atoms with van der Waals surface area (Å²) in [5.41, 5.74) is 0.701. The number of nitrogens with one attached hydrogen (secondary N) is 1. The normalized spacial score (nSPS) is 8.44. The number of hydrogen-bond donors (Lipinski definition) is 1. The van der Waals surface area contributed by atoms with E-state index in [1.165, 1.54) is 0 Å². The quantitative estimate of drug-likeness (QED) is 0.581. The van der Waals surface area contributed by atoms with E-state index in [4.69, 9.17) is 0 Å². The molecule has 0 saturated carbocycles. The number of carbonyl (C=O) groups excluding carboxylic acids is 1. The van der Waals surface area contributed by atoms with Crippen LogP contribution in [0.4, 0.5) is 5.69 Å². The van der Waals surface area contributed by atoms with Crippen molar-refractivity contribution in [3.8, 4) is 0 Å². The molecule has 0 aliphatic heterocycles. The monoisotopic (exact) mass is 120 g/mol. The molecular weight excluding hydrogens is 114 g/mol. The van der Waals surface area contributed by atoms with Gasteiger partial charge in [-0.05, 0) is 6.07 Å². The molecule has 0 aliphatic carbocycles. The van der Waals surface area contributed by atoms with Gasteiger partial charge in [0, 0.05) is 11.8 Å². The standard InChI is InChI=1S/C7H6NO/c9-6-8-7-4-2-1-3-5-7/h1-4,6H,(H,8,9). The molecule has 1 aromatic rings. The molecule has 1 radical (unpaired) electrons. The lowest BCUT2D eigenvalue weighted by Crippen LogP contribution is -1.91. The van der Waals surface area contributed by atoms with Gasteiger partial charge in [0.1, 0.15) is 0 Å². The highest BCUT2D eigenvalue weighted by Crippen LogP contribution is 2.00. The Labute approximate surface area is 53.5 Å². The van der Waals surface area contributed by atoms with Gasteiger partial charge in [0.25, 0.3) is 0 Å². The summed E-state index contributed by atoms with van der Waals surface area (Å²) in [6.07, 6.45) is 0.631. The molecule has 0 aliphatic rings. The fraction of sp³-hybridized carbons (Fsp3) is 0. The maximum Gasteiger partial charge on any atom is 0.211 e. The van der Waals surface area contributed by atoms with Crippen molar-refractivity contribution in [2.45, 2.75) is 0 Å². The molecule has 45 valence electrons. The molecule has 2 heteroatoms. The van der Waals surface area contributed by atoms with Gasteiger partial charge in [0.2, 0.25) is 6.41 Å². The predicted octanol–water partition coefficient (Wildman–Crippen LogP) is 1.06. The zero-order valence-corrected chi connectivity index (χ0v) is 4.79. The van der Waals surface area contributed by atoms with Gasteiger partial charge >= 0.3 is 0 Å². The van der Waals surface area contributed by atoms with E-state index in [0.29, 0.717) is 12.1 Å². The Balaban J connectivity index is 2.72. The maximum atomic E-state index is 9.84. The molecule has 0 bridgehead atoms. The maximum absolute atomic E-state index is 9.84. The van der Waals surface area contributed by atoms with Gasteiger partial charge in [-0.25, -0.2) is 0 Å². The summed E-state index contributed by atoms with van der Waals surface area (Å²) < 4.78 is 0. The minimum atomic E-state index is 0.631. The summed E-state index contributed by atoms with van der Waals surface area (Å²) in [7, 11) is 0. The molecule has 0 heterocycles. The van der Waals surface area contributed by atoms with Gasteiger partial charge in [-0.15, -0.1) is 0 Å². The van der Waals surface area contributed by atoms with Crippen LogP contribution in [-0.2, 0) is 4.79 Å². The Bertz CT molecular complexity index is 183. The first-order valence-corrected chi connectivity index (χ1v) is 2.60. The summed E-state index contributed by atoms with van der Waals surface area (Å²) in [5, 5.41) is 2.47. The molecular formula is C7H6NO. The lowest BCUT2D eigenvalue weighted by atomic mass is 10.3. The second-order valence-corrected chi connectivity index (χ2v) is 1.54. The average Bonchev–Trinajstić information content (AvgIpc) is 1.91. The molecule has 0 aromatic heterocycles. The van der Waals surface area contributed by atoms with Gasteiger partial charge in [0.05, 0.1) is 0 Å². The number of para-hydroxylation sites is 1. The van der Waals surface area contributed by atoms with Crippen LogP contribution in [0.25, 0.3) is 0 Å². The second kappa shape index (κ2) is 2.87. The molecule has 0 atom stereocenters. The fourth-order valence-electron chi connectivity index (χ4n) is 0.547. The van der Waals surface area contributed by atoms with Gasteiger partial charge in [0.15, 0.2) is 0 Å². The molecule has 0 saturated heterocycles. The average molecular weight is 120 g/mol. The van der Waals surface area contributed by atoms with Crippen LogP contribution in [0.15, 0.2) is 24.3 Å². The Morgan fingerprint density at radius 1 is 1.56 bits per heavy atom. The van der Waals surface area contributed by atoms with Crippen LogP contribution in [0.3, 0.4) is 0 Å². The molecule has 2 nitrogen and oxygen atoms in total. The minimum absolute atomic E-state index is 0.631. The van der Waals surface area contributed by atoms with Crippen molar-refractivity contribution in [2.75, 3.05) is 5.32 Å². The highest BCUT2D eigenvalue weighted by atomic mass is 16.1. The van der Waals surface area contributed by atoms with E-state index in [2.05, 4.69) is 11.4 Å². The van der Waals surface area contributed by atoms with Crippen LogP contribution in [0.1, 0.15) is 0 Å². The lowest BCUT2D eigenvalue weighted by molar-refractivity contribution is -0.105. The summed E-state index contributed by atoms with van der Waals surface area (Å²) in [4.78, 5) is 9.84. The number of anilines is 1. The zero-order chi connectivity index (χ0) is 6.53. The lowest BCUT2D eigenvalue weighted by Gasteiger charge is -1.92. The fourth-order valence-corrected chi connectivity index (χ4v) is 0.547. The van der Waals surface area contributed by atoms with Crippen molar-refractivity contribution < 1.29 is 4.79 Å². The highest BCUT2D eigenvalue weighted by molar-refractivity contribution is 5.70. The smallest absolute Gasteiger partial charge is 0.211 e. The number of hydrogen-bond acceptors (Lipinski definition) is 1. The van der Waals surface area contributed by atoms with E-state index in [0.717, 1.165) is 0 Å². The topological polar surface area (TPSA) is 29.1 Å². The molecule has 0 fully saturated rings. The van der Waals surface area contributed by atoms with Gasteiger partial charge in [-0.1, -0.05) is 18.2 Å². The van der Waals surface area contributed by atoms with E-state index < -0.39 is 0 Å². The molecule has 1 rings (SSSR count). The van der Waals surface area contributed by atoms with Crippen LogP contribution in [-0.4, -0.2) is 6.41 Å². The number of rotatable bonds is 2. The molecule has 0 unspecified atom stereocenters. The molecule has 0 spiro atoms. The third-order valence-corrected chi connectivity index (χ3v) is 0.923. The first-order valence-electron chi connectivity index (χ1n) is 2.60. The summed E-state index contributed by atoms with van der Waals surface area (Å²) in [6, 6.07) is 10.0. The van der Waals surface area contributed by atoms with E-state index in [9.17, 15) is 4.79 Å². The Morgan fingerprint density at radius 2 is 2.44 bits per heavy atom. The SMILES string of the molecule is O=CNc1[c]cccc1. The van der Waals surface area contributed by atoms with Gasteiger partial charge in [-0.3, -0.25) is 4.79 Å². The molecule has 1 aromatic carbocycles. The van der Waals surface area contributed by atoms with Crippen LogP contribution >= 0.6 is 0 Å².